The summed E-state index contributed by atoms with van der Waals surface area (Å²) in [5.41, 5.74) is 2.32. The minimum atomic E-state index is -0.837. The molecule has 156 valence electrons. The van der Waals surface area contributed by atoms with E-state index in [0.29, 0.717) is 0 Å². The number of aromatic nitrogens is 2. The Labute approximate surface area is 177 Å². The topological polar surface area (TPSA) is 41.3 Å². The van der Waals surface area contributed by atoms with Gasteiger partial charge in [0.25, 0.3) is 0 Å². The fourth-order valence-corrected chi connectivity index (χ4v) is 5.56. The van der Waals surface area contributed by atoms with Crippen LogP contribution in [-0.4, -0.2) is 32.6 Å². The first kappa shape index (κ1) is 19.5. The maximum Gasteiger partial charge on any atom is 0.141 e. The average molecular weight is 406 g/mol. The van der Waals surface area contributed by atoms with E-state index in [4.69, 9.17) is 0 Å². The quantitative estimate of drug-likeness (QED) is 0.702. The van der Waals surface area contributed by atoms with Gasteiger partial charge >= 0.3 is 0 Å². The van der Waals surface area contributed by atoms with E-state index < -0.39 is 5.60 Å². The Bertz CT molecular complexity index is 1030. The fraction of sp³-hybridized carbons (Fsp3) is 0.400. The first-order chi connectivity index (χ1) is 14.5. The second-order valence-electron chi connectivity index (χ2n) is 8.92. The molecule has 1 saturated heterocycles. The van der Waals surface area contributed by atoms with Gasteiger partial charge in [-0.3, -0.25) is 4.90 Å². The summed E-state index contributed by atoms with van der Waals surface area (Å²) in [6.07, 6.45) is 6.94. The molecule has 2 aromatic carbocycles. The molecule has 1 saturated carbocycles. The average Bonchev–Trinajstić information content (AvgIpc) is 3.16. The molecule has 1 N–H and O–H groups in total. The van der Waals surface area contributed by atoms with Crippen LogP contribution in [-0.2, 0) is 19.2 Å². The van der Waals surface area contributed by atoms with Crippen molar-refractivity contribution in [3.8, 4) is 11.1 Å². The summed E-state index contributed by atoms with van der Waals surface area (Å²) in [6.45, 7) is 2.57. The summed E-state index contributed by atoms with van der Waals surface area (Å²) in [4.78, 5) is 6.99. The number of likely N-dealkylation sites (tertiary alicyclic amines) is 1. The van der Waals surface area contributed by atoms with Crippen LogP contribution < -0.4 is 0 Å². The van der Waals surface area contributed by atoms with Crippen molar-refractivity contribution >= 4 is 0 Å². The van der Waals surface area contributed by atoms with Gasteiger partial charge in [0.05, 0.1) is 0 Å². The molecule has 0 radical (unpaired) electrons. The van der Waals surface area contributed by atoms with E-state index in [1.165, 1.54) is 18.1 Å². The third kappa shape index (κ3) is 3.36. The highest BCUT2D eigenvalue weighted by Gasteiger charge is 2.53. The molecule has 2 fully saturated rings. The molecule has 4 nitrogen and oxygen atoms in total. The Morgan fingerprint density at radius 2 is 1.77 bits per heavy atom. The van der Waals surface area contributed by atoms with Crippen molar-refractivity contribution in [2.24, 2.45) is 18.9 Å². The van der Waals surface area contributed by atoms with E-state index in [9.17, 15) is 9.50 Å². The monoisotopic (exact) mass is 405 g/mol. The van der Waals surface area contributed by atoms with Crippen molar-refractivity contribution in [2.45, 2.75) is 31.4 Å². The van der Waals surface area contributed by atoms with Gasteiger partial charge in [0, 0.05) is 50.9 Å². The number of imidazole rings is 1. The fourth-order valence-electron chi connectivity index (χ4n) is 5.56. The van der Waals surface area contributed by atoms with Gasteiger partial charge in [0.15, 0.2) is 0 Å². The Hall–Kier alpha value is -2.50. The molecule has 0 spiro atoms. The molecular weight excluding hydrogens is 377 g/mol. The van der Waals surface area contributed by atoms with Crippen molar-refractivity contribution < 1.29 is 9.50 Å². The third-order valence-electron chi connectivity index (χ3n) is 6.98. The van der Waals surface area contributed by atoms with E-state index in [1.807, 2.05) is 36.0 Å². The number of nitrogens with zero attached hydrogens (tertiary/aromatic N) is 3. The van der Waals surface area contributed by atoms with Crippen LogP contribution in [0.15, 0.2) is 60.9 Å². The highest BCUT2D eigenvalue weighted by atomic mass is 19.1. The Kier molecular flexibility index (Phi) is 4.95. The molecule has 0 amide bonds. The first-order valence-corrected chi connectivity index (χ1v) is 10.8. The molecule has 3 aromatic rings. The standard InChI is InChI=1S/C25H28FN3O/c1-28-12-11-27-24(28)25(30)21-8-4-9-22(25)17-29(16-21)15-18-5-2-6-19(13-18)20-7-3-10-23(26)14-20/h2-3,5-7,10-14,21-22,30H,4,8-9,15-17H2,1H3/t21-,22-/m1/s1. The highest BCUT2D eigenvalue weighted by Crippen LogP contribution is 2.48. The zero-order valence-corrected chi connectivity index (χ0v) is 17.3. The van der Waals surface area contributed by atoms with Crippen LogP contribution in [0.3, 0.4) is 0 Å². The summed E-state index contributed by atoms with van der Waals surface area (Å²) in [6, 6.07) is 15.1. The molecule has 5 heteroatoms. The molecule has 0 unspecified atom stereocenters. The number of halogens is 1. The normalized spacial score (nSPS) is 26.6. The zero-order chi connectivity index (χ0) is 20.7. The zero-order valence-electron chi connectivity index (χ0n) is 17.3. The molecule has 1 aliphatic heterocycles. The van der Waals surface area contributed by atoms with Crippen LogP contribution in [0.25, 0.3) is 11.1 Å². The molecule has 2 atom stereocenters. The molecule has 2 aliphatic rings. The van der Waals surface area contributed by atoms with Crippen LogP contribution in [0.5, 0.6) is 0 Å². The van der Waals surface area contributed by atoms with Crippen molar-refractivity contribution in [3.05, 3.63) is 78.1 Å². The lowest BCUT2D eigenvalue weighted by molar-refractivity contribution is -0.155. The summed E-state index contributed by atoms with van der Waals surface area (Å²) < 4.78 is 15.6. The second-order valence-corrected chi connectivity index (χ2v) is 8.92. The van der Waals surface area contributed by atoms with Gasteiger partial charge < -0.3 is 9.67 Å². The Balaban J connectivity index is 1.37. The number of piperidine rings is 1. The smallest absolute Gasteiger partial charge is 0.141 e. The van der Waals surface area contributed by atoms with Crippen LogP contribution >= 0.6 is 0 Å². The van der Waals surface area contributed by atoms with E-state index in [0.717, 1.165) is 49.4 Å². The lowest BCUT2D eigenvalue weighted by Gasteiger charge is -2.52. The SMILES string of the molecule is Cn1ccnc1C1(O)[C@@H]2CCC[C@@H]1CN(Cc1cccc(-c3cccc(F)c3)c1)C2. The number of aryl methyl sites for hydroxylation is 1. The highest BCUT2D eigenvalue weighted by molar-refractivity contribution is 5.64. The van der Waals surface area contributed by atoms with Gasteiger partial charge in [-0.25, -0.2) is 9.37 Å². The Morgan fingerprint density at radius 1 is 1.07 bits per heavy atom. The molecule has 2 bridgehead atoms. The van der Waals surface area contributed by atoms with Gasteiger partial charge in [0.2, 0.25) is 0 Å². The lowest BCUT2D eigenvalue weighted by atomic mass is 9.65. The molecule has 5 rings (SSSR count). The van der Waals surface area contributed by atoms with Gasteiger partial charge in [0.1, 0.15) is 17.2 Å². The van der Waals surface area contributed by atoms with Gasteiger partial charge in [-0.15, -0.1) is 0 Å². The molecule has 1 aliphatic carbocycles. The van der Waals surface area contributed by atoms with Gasteiger partial charge in [-0.05, 0) is 47.7 Å². The molecule has 1 aromatic heterocycles. The predicted molar refractivity (Wildman–Crippen MR) is 115 cm³/mol. The van der Waals surface area contributed by atoms with Crippen LogP contribution in [0, 0.1) is 17.7 Å². The number of hydrogen-bond acceptors (Lipinski definition) is 3. The molecule has 2 heterocycles. The van der Waals surface area contributed by atoms with E-state index in [-0.39, 0.29) is 17.7 Å². The van der Waals surface area contributed by atoms with Crippen molar-refractivity contribution in [1.29, 1.82) is 0 Å². The first-order valence-electron chi connectivity index (χ1n) is 10.8. The van der Waals surface area contributed by atoms with Crippen molar-refractivity contribution in [3.63, 3.8) is 0 Å². The summed E-state index contributed by atoms with van der Waals surface area (Å²) >= 11 is 0. The predicted octanol–water partition coefficient (Wildman–Crippen LogP) is 4.35. The Morgan fingerprint density at radius 3 is 2.43 bits per heavy atom. The summed E-state index contributed by atoms with van der Waals surface area (Å²) in [5, 5.41) is 11.7. The van der Waals surface area contributed by atoms with Gasteiger partial charge in [-0.2, -0.15) is 0 Å². The minimum absolute atomic E-state index is 0.192. The number of hydrogen-bond donors (Lipinski definition) is 1. The van der Waals surface area contributed by atoms with Crippen LogP contribution in [0.4, 0.5) is 4.39 Å². The largest absolute Gasteiger partial charge is 0.381 e. The molecular formula is C25H28FN3O. The van der Waals surface area contributed by atoms with E-state index in [2.05, 4.69) is 22.0 Å². The number of benzene rings is 2. The minimum Gasteiger partial charge on any atom is -0.381 e. The maximum atomic E-state index is 13.6. The third-order valence-corrected chi connectivity index (χ3v) is 6.98. The van der Waals surface area contributed by atoms with Crippen molar-refractivity contribution in [2.75, 3.05) is 13.1 Å². The van der Waals surface area contributed by atoms with E-state index >= 15 is 0 Å². The van der Waals surface area contributed by atoms with Gasteiger partial charge in [-0.1, -0.05) is 36.8 Å². The van der Waals surface area contributed by atoms with E-state index in [1.54, 1.807) is 18.3 Å². The maximum absolute atomic E-state index is 13.6. The van der Waals surface area contributed by atoms with Crippen LogP contribution in [0.1, 0.15) is 30.7 Å². The van der Waals surface area contributed by atoms with Crippen LogP contribution in [0.2, 0.25) is 0 Å². The number of fused-ring (bicyclic) bond motifs is 2. The van der Waals surface area contributed by atoms with Crippen molar-refractivity contribution in [1.82, 2.24) is 14.5 Å². The molecule has 30 heavy (non-hydrogen) atoms. The summed E-state index contributed by atoms with van der Waals surface area (Å²) in [5.74, 6) is 0.982. The number of rotatable bonds is 4. The number of aliphatic hydroxyl groups is 1. The summed E-state index contributed by atoms with van der Waals surface area (Å²) in [7, 11) is 1.97. The lowest BCUT2D eigenvalue weighted by Crippen LogP contribution is -2.58. The second kappa shape index (κ2) is 7.64.